The van der Waals surface area contributed by atoms with Gasteiger partial charge in [-0.05, 0) is 55.0 Å². The lowest BCUT2D eigenvalue weighted by Gasteiger charge is -2.31. The molecule has 1 aliphatic rings. The molecule has 2 amide bonds. The normalized spacial score (nSPS) is 12.8. The Balaban J connectivity index is 1.52. The van der Waals surface area contributed by atoms with Crippen molar-refractivity contribution in [1.82, 2.24) is 5.32 Å². The van der Waals surface area contributed by atoms with Crippen LogP contribution < -0.4 is 20.3 Å². The highest BCUT2D eigenvalue weighted by Crippen LogP contribution is 2.28. The molecular formula is C23H29N3O3. The van der Waals surface area contributed by atoms with Crippen molar-refractivity contribution < 1.29 is 14.3 Å². The molecule has 6 nitrogen and oxygen atoms in total. The summed E-state index contributed by atoms with van der Waals surface area (Å²) in [4.78, 5) is 26.7. The number of amides is 2. The minimum atomic E-state index is -0.699. The fourth-order valence-electron chi connectivity index (χ4n) is 3.71. The molecule has 1 aliphatic heterocycles. The third-order valence-corrected chi connectivity index (χ3v) is 5.11. The summed E-state index contributed by atoms with van der Waals surface area (Å²) in [6.07, 6.45) is 4.10. The third-order valence-electron chi connectivity index (χ3n) is 5.11. The number of methoxy groups -OCH3 is 1. The van der Waals surface area contributed by atoms with Crippen LogP contribution in [0.15, 0.2) is 42.5 Å². The van der Waals surface area contributed by atoms with Gasteiger partial charge >= 0.3 is 11.8 Å². The van der Waals surface area contributed by atoms with E-state index in [1.165, 1.54) is 30.3 Å². The van der Waals surface area contributed by atoms with E-state index in [2.05, 4.69) is 40.7 Å². The van der Waals surface area contributed by atoms with Gasteiger partial charge in [0.05, 0.1) is 12.8 Å². The van der Waals surface area contributed by atoms with Gasteiger partial charge in [0.2, 0.25) is 0 Å². The van der Waals surface area contributed by atoms with Gasteiger partial charge in [-0.1, -0.05) is 31.2 Å². The van der Waals surface area contributed by atoms with Crippen LogP contribution in [0.3, 0.4) is 0 Å². The lowest BCUT2D eigenvalue weighted by Crippen LogP contribution is -2.36. The summed E-state index contributed by atoms with van der Waals surface area (Å²) in [5.74, 6) is -0.835. The SMILES string of the molecule is CCCN1CCCc2cc(CCNC(=O)C(=O)Nc3ccccc3OC)ccc21. The third kappa shape index (κ3) is 5.28. The zero-order chi connectivity index (χ0) is 20.6. The summed E-state index contributed by atoms with van der Waals surface area (Å²) in [5, 5.41) is 5.28. The number of carbonyl (C=O) groups excluding carboxylic acids is 2. The molecule has 2 aromatic carbocycles. The number of rotatable bonds is 7. The fourth-order valence-corrected chi connectivity index (χ4v) is 3.71. The van der Waals surface area contributed by atoms with Crippen molar-refractivity contribution in [2.24, 2.45) is 0 Å². The first-order valence-electron chi connectivity index (χ1n) is 10.2. The predicted octanol–water partition coefficient (Wildman–Crippen LogP) is 3.16. The Bertz CT molecular complexity index is 866. The Morgan fingerprint density at radius 3 is 2.76 bits per heavy atom. The Morgan fingerprint density at radius 2 is 1.97 bits per heavy atom. The highest BCUT2D eigenvalue weighted by molar-refractivity contribution is 6.39. The van der Waals surface area contributed by atoms with Gasteiger partial charge in [-0.15, -0.1) is 0 Å². The number of anilines is 2. The molecule has 1 heterocycles. The van der Waals surface area contributed by atoms with Crippen LogP contribution in [0.25, 0.3) is 0 Å². The topological polar surface area (TPSA) is 70.7 Å². The summed E-state index contributed by atoms with van der Waals surface area (Å²) in [6.45, 7) is 4.83. The quantitative estimate of drug-likeness (QED) is 0.707. The number of fused-ring (bicyclic) bond motifs is 1. The maximum atomic E-state index is 12.1. The molecule has 6 heteroatoms. The molecule has 0 saturated carbocycles. The molecule has 0 aliphatic carbocycles. The maximum absolute atomic E-state index is 12.1. The summed E-state index contributed by atoms with van der Waals surface area (Å²) < 4.78 is 5.18. The number of ether oxygens (including phenoxy) is 1. The second-order valence-electron chi connectivity index (χ2n) is 7.21. The number of aryl methyl sites for hydroxylation is 1. The van der Waals surface area contributed by atoms with Gasteiger partial charge in [0.15, 0.2) is 0 Å². The molecule has 154 valence electrons. The van der Waals surface area contributed by atoms with E-state index in [0.29, 0.717) is 24.4 Å². The van der Waals surface area contributed by atoms with Crippen LogP contribution in [0.1, 0.15) is 30.9 Å². The Labute approximate surface area is 172 Å². The first-order valence-corrected chi connectivity index (χ1v) is 10.2. The van der Waals surface area contributed by atoms with E-state index in [1.807, 2.05) is 0 Å². The van der Waals surface area contributed by atoms with E-state index in [4.69, 9.17) is 4.74 Å². The summed E-state index contributed by atoms with van der Waals surface area (Å²) in [6, 6.07) is 13.5. The van der Waals surface area contributed by atoms with E-state index in [0.717, 1.165) is 25.9 Å². The minimum Gasteiger partial charge on any atom is -0.495 e. The molecule has 3 rings (SSSR count). The molecule has 0 fully saturated rings. The molecule has 0 bridgehead atoms. The van der Waals surface area contributed by atoms with Crippen molar-refractivity contribution in [2.75, 3.05) is 37.0 Å². The lowest BCUT2D eigenvalue weighted by molar-refractivity contribution is -0.136. The van der Waals surface area contributed by atoms with E-state index in [1.54, 1.807) is 24.3 Å². The van der Waals surface area contributed by atoms with Gasteiger partial charge < -0.3 is 20.3 Å². The van der Waals surface area contributed by atoms with Crippen molar-refractivity contribution in [2.45, 2.75) is 32.6 Å². The van der Waals surface area contributed by atoms with Gasteiger partial charge in [0, 0.05) is 25.3 Å². The van der Waals surface area contributed by atoms with Crippen LogP contribution in [0.4, 0.5) is 11.4 Å². The minimum absolute atomic E-state index is 0.412. The molecule has 2 N–H and O–H groups in total. The number of nitrogens with one attached hydrogen (secondary N) is 2. The van der Waals surface area contributed by atoms with Crippen LogP contribution >= 0.6 is 0 Å². The second-order valence-corrected chi connectivity index (χ2v) is 7.21. The van der Waals surface area contributed by atoms with Gasteiger partial charge in [0.1, 0.15) is 5.75 Å². The van der Waals surface area contributed by atoms with Crippen LogP contribution in [0, 0.1) is 0 Å². The van der Waals surface area contributed by atoms with Crippen LogP contribution in [-0.2, 0) is 22.4 Å². The number of hydrogen-bond acceptors (Lipinski definition) is 4. The van der Waals surface area contributed by atoms with Gasteiger partial charge in [-0.3, -0.25) is 9.59 Å². The molecule has 2 aromatic rings. The summed E-state index contributed by atoms with van der Waals surface area (Å²) >= 11 is 0. The highest BCUT2D eigenvalue weighted by atomic mass is 16.5. The van der Waals surface area contributed by atoms with Crippen molar-refractivity contribution in [3.63, 3.8) is 0 Å². The summed E-state index contributed by atoms with van der Waals surface area (Å²) in [7, 11) is 1.52. The van der Waals surface area contributed by atoms with Gasteiger partial charge in [-0.25, -0.2) is 0 Å². The molecular weight excluding hydrogens is 366 g/mol. The lowest BCUT2D eigenvalue weighted by atomic mass is 9.98. The van der Waals surface area contributed by atoms with Crippen LogP contribution in [0.2, 0.25) is 0 Å². The summed E-state index contributed by atoms with van der Waals surface area (Å²) in [5.41, 5.74) is 4.36. The molecule has 0 unspecified atom stereocenters. The van der Waals surface area contributed by atoms with Gasteiger partial charge in [0.25, 0.3) is 0 Å². The number of para-hydroxylation sites is 2. The monoisotopic (exact) mass is 395 g/mol. The Morgan fingerprint density at radius 1 is 1.14 bits per heavy atom. The van der Waals surface area contributed by atoms with E-state index in [-0.39, 0.29) is 0 Å². The standard InChI is InChI=1S/C23H29N3O3/c1-3-14-26-15-6-7-18-16-17(10-11-20(18)26)12-13-24-22(27)23(28)25-19-8-4-5-9-21(19)29-2/h4-5,8-11,16H,3,6-7,12-15H2,1-2H3,(H,24,27)(H,25,28). The first kappa shape index (κ1) is 20.7. The maximum Gasteiger partial charge on any atom is 0.313 e. The number of nitrogens with zero attached hydrogens (tertiary/aromatic N) is 1. The zero-order valence-corrected chi connectivity index (χ0v) is 17.2. The van der Waals surface area contributed by atoms with Crippen LogP contribution in [-0.4, -0.2) is 38.6 Å². The fraction of sp³-hybridized carbons (Fsp3) is 0.391. The molecule has 0 radical (unpaired) electrons. The van der Waals surface area contributed by atoms with Crippen LogP contribution in [0.5, 0.6) is 5.75 Å². The Kier molecular flexibility index (Phi) is 7.11. The average Bonchev–Trinajstić information content (AvgIpc) is 2.74. The predicted molar refractivity (Wildman–Crippen MR) is 116 cm³/mol. The molecule has 0 aromatic heterocycles. The molecule has 0 spiro atoms. The van der Waals surface area contributed by atoms with Crippen molar-refractivity contribution in [1.29, 1.82) is 0 Å². The Hall–Kier alpha value is -3.02. The molecule has 0 atom stereocenters. The van der Waals surface area contributed by atoms with Gasteiger partial charge in [-0.2, -0.15) is 0 Å². The average molecular weight is 396 g/mol. The number of benzene rings is 2. The van der Waals surface area contributed by atoms with Crippen molar-refractivity contribution in [3.8, 4) is 5.75 Å². The van der Waals surface area contributed by atoms with E-state index in [9.17, 15) is 9.59 Å². The van der Waals surface area contributed by atoms with E-state index < -0.39 is 11.8 Å². The largest absolute Gasteiger partial charge is 0.495 e. The molecule has 29 heavy (non-hydrogen) atoms. The first-order chi connectivity index (χ1) is 14.1. The molecule has 0 saturated heterocycles. The smallest absolute Gasteiger partial charge is 0.313 e. The number of hydrogen-bond donors (Lipinski definition) is 2. The number of carbonyl (C=O) groups is 2. The zero-order valence-electron chi connectivity index (χ0n) is 17.2. The van der Waals surface area contributed by atoms with E-state index >= 15 is 0 Å². The van der Waals surface area contributed by atoms with Crippen molar-refractivity contribution in [3.05, 3.63) is 53.6 Å². The highest BCUT2D eigenvalue weighted by Gasteiger charge is 2.17. The van der Waals surface area contributed by atoms with Crippen molar-refractivity contribution >= 4 is 23.2 Å². The second kappa shape index (κ2) is 9.96.